The summed E-state index contributed by atoms with van der Waals surface area (Å²) in [6.45, 7) is 4.94. The molecule has 0 fully saturated rings. The van der Waals surface area contributed by atoms with E-state index in [4.69, 9.17) is 4.74 Å². The van der Waals surface area contributed by atoms with Crippen molar-refractivity contribution >= 4 is 15.9 Å². The van der Waals surface area contributed by atoms with Crippen molar-refractivity contribution in [2.75, 3.05) is 0 Å². The molecule has 5 heteroatoms. The number of benzene rings is 1. The fraction of sp³-hybridized carbons (Fsp3) is 0.267. The number of rotatable bonds is 5. The van der Waals surface area contributed by atoms with Crippen molar-refractivity contribution in [1.29, 1.82) is 0 Å². The highest BCUT2D eigenvalue weighted by Gasteiger charge is 2.04. The molecule has 2 rings (SSSR count). The van der Waals surface area contributed by atoms with Gasteiger partial charge in [0.1, 0.15) is 11.6 Å². The molecule has 0 atom stereocenters. The van der Waals surface area contributed by atoms with E-state index in [0.717, 1.165) is 12.1 Å². The van der Waals surface area contributed by atoms with E-state index in [-0.39, 0.29) is 5.82 Å². The predicted octanol–water partition coefficient (Wildman–Crippen LogP) is 4.27. The van der Waals surface area contributed by atoms with Crippen molar-refractivity contribution in [3.8, 4) is 11.6 Å². The Morgan fingerprint density at radius 2 is 2.10 bits per heavy atom. The molecule has 0 unspecified atom stereocenters. The maximum atomic E-state index is 13.4. The monoisotopic (exact) mass is 338 g/mol. The van der Waals surface area contributed by atoms with Crippen molar-refractivity contribution in [2.24, 2.45) is 0 Å². The third-order valence-electron chi connectivity index (χ3n) is 2.63. The number of aromatic nitrogens is 1. The summed E-state index contributed by atoms with van der Waals surface area (Å²) < 4.78 is 19.3. The van der Waals surface area contributed by atoms with Gasteiger partial charge < -0.3 is 10.1 Å². The Morgan fingerprint density at radius 3 is 2.70 bits per heavy atom. The van der Waals surface area contributed by atoms with Crippen molar-refractivity contribution in [1.82, 2.24) is 10.3 Å². The fourth-order valence-corrected chi connectivity index (χ4v) is 1.81. The van der Waals surface area contributed by atoms with Gasteiger partial charge in [-0.15, -0.1) is 0 Å². The van der Waals surface area contributed by atoms with Crippen LogP contribution in [0.3, 0.4) is 0 Å². The van der Waals surface area contributed by atoms with E-state index in [1.54, 1.807) is 24.4 Å². The summed E-state index contributed by atoms with van der Waals surface area (Å²) in [5.41, 5.74) is 1.08. The first kappa shape index (κ1) is 14.9. The van der Waals surface area contributed by atoms with Crippen LogP contribution in [0.25, 0.3) is 0 Å². The Labute approximate surface area is 126 Å². The van der Waals surface area contributed by atoms with Crippen LogP contribution in [-0.2, 0) is 6.54 Å². The molecule has 1 aromatic heterocycles. The minimum absolute atomic E-state index is 0.361. The first-order chi connectivity index (χ1) is 9.54. The molecule has 0 radical (unpaired) electrons. The summed E-state index contributed by atoms with van der Waals surface area (Å²) >= 11 is 3.10. The van der Waals surface area contributed by atoms with Crippen molar-refractivity contribution in [2.45, 2.75) is 26.4 Å². The summed E-state index contributed by atoms with van der Waals surface area (Å²) in [6.07, 6.45) is 1.75. The smallest absolute Gasteiger partial charge is 0.219 e. The second kappa shape index (κ2) is 6.81. The molecule has 20 heavy (non-hydrogen) atoms. The van der Waals surface area contributed by atoms with Gasteiger partial charge in [0, 0.05) is 30.9 Å². The molecule has 2 aromatic rings. The predicted molar refractivity (Wildman–Crippen MR) is 80.4 cm³/mol. The third-order valence-corrected chi connectivity index (χ3v) is 3.27. The van der Waals surface area contributed by atoms with Gasteiger partial charge >= 0.3 is 0 Å². The van der Waals surface area contributed by atoms with E-state index in [0.29, 0.717) is 22.1 Å². The Balaban J connectivity index is 2.01. The standard InChI is InChI=1S/C15H16BrFN2O/c1-10(2)18-8-11-3-6-15(19-9-11)20-12-4-5-13(16)14(17)7-12/h3-7,9-10,18H,8H2,1-2H3. The van der Waals surface area contributed by atoms with Gasteiger partial charge in [-0.2, -0.15) is 0 Å². The summed E-state index contributed by atoms with van der Waals surface area (Å²) in [7, 11) is 0. The molecule has 0 spiro atoms. The summed E-state index contributed by atoms with van der Waals surface area (Å²) in [5, 5.41) is 3.31. The van der Waals surface area contributed by atoms with Gasteiger partial charge in [-0.05, 0) is 33.6 Å². The number of pyridine rings is 1. The molecular formula is C15H16BrFN2O. The fourth-order valence-electron chi connectivity index (χ4n) is 1.56. The Bertz CT molecular complexity index is 573. The highest BCUT2D eigenvalue weighted by atomic mass is 79.9. The molecule has 0 aliphatic heterocycles. The molecule has 106 valence electrons. The van der Waals surface area contributed by atoms with Gasteiger partial charge in [-0.1, -0.05) is 19.9 Å². The molecule has 0 aliphatic rings. The lowest BCUT2D eigenvalue weighted by Gasteiger charge is -2.09. The van der Waals surface area contributed by atoms with Crippen LogP contribution in [0.15, 0.2) is 41.0 Å². The number of hydrogen-bond donors (Lipinski definition) is 1. The van der Waals surface area contributed by atoms with Crippen LogP contribution in [-0.4, -0.2) is 11.0 Å². The average Bonchev–Trinajstić information content (AvgIpc) is 2.42. The van der Waals surface area contributed by atoms with Gasteiger partial charge in [-0.25, -0.2) is 9.37 Å². The zero-order chi connectivity index (χ0) is 14.5. The van der Waals surface area contributed by atoms with Gasteiger partial charge in [0.2, 0.25) is 5.88 Å². The van der Waals surface area contributed by atoms with Gasteiger partial charge in [-0.3, -0.25) is 0 Å². The highest BCUT2D eigenvalue weighted by Crippen LogP contribution is 2.24. The van der Waals surface area contributed by atoms with E-state index in [1.165, 1.54) is 6.07 Å². The van der Waals surface area contributed by atoms with Crippen LogP contribution in [0.2, 0.25) is 0 Å². The molecule has 0 aliphatic carbocycles. The summed E-state index contributed by atoms with van der Waals surface area (Å²) in [6, 6.07) is 8.75. The molecule has 1 aromatic carbocycles. The second-order valence-corrected chi connectivity index (χ2v) is 5.57. The molecule has 0 bridgehead atoms. The normalized spacial score (nSPS) is 10.8. The Kier molecular flexibility index (Phi) is 5.09. The van der Waals surface area contributed by atoms with Crippen molar-refractivity contribution in [3.63, 3.8) is 0 Å². The zero-order valence-electron chi connectivity index (χ0n) is 11.4. The number of halogens is 2. The minimum Gasteiger partial charge on any atom is -0.439 e. The number of nitrogens with one attached hydrogen (secondary N) is 1. The lowest BCUT2D eigenvalue weighted by atomic mass is 10.2. The maximum Gasteiger partial charge on any atom is 0.219 e. The van der Waals surface area contributed by atoms with Crippen LogP contribution in [0.4, 0.5) is 4.39 Å². The minimum atomic E-state index is -0.361. The Morgan fingerprint density at radius 1 is 1.30 bits per heavy atom. The highest BCUT2D eigenvalue weighted by molar-refractivity contribution is 9.10. The molecule has 0 saturated heterocycles. The van der Waals surface area contributed by atoms with Gasteiger partial charge in [0.15, 0.2) is 0 Å². The molecule has 1 N–H and O–H groups in total. The number of ether oxygens (including phenoxy) is 1. The first-order valence-corrected chi connectivity index (χ1v) is 7.15. The van der Waals surface area contributed by atoms with Crippen LogP contribution >= 0.6 is 15.9 Å². The topological polar surface area (TPSA) is 34.1 Å². The van der Waals surface area contributed by atoms with Crippen molar-refractivity contribution < 1.29 is 9.13 Å². The summed E-state index contributed by atoms with van der Waals surface area (Å²) in [4.78, 5) is 4.21. The van der Waals surface area contributed by atoms with Gasteiger partial charge in [0.25, 0.3) is 0 Å². The molecule has 0 saturated carbocycles. The van der Waals surface area contributed by atoms with Crippen LogP contribution in [0.1, 0.15) is 19.4 Å². The average molecular weight is 339 g/mol. The van der Waals surface area contributed by atoms with Crippen LogP contribution in [0.5, 0.6) is 11.6 Å². The van der Waals surface area contributed by atoms with E-state index in [2.05, 4.69) is 40.1 Å². The van der Waals surface area contributed by atoms with E-state index in [1.807, 2.05) is 6.07 Å². The lowest BCUT2D eigenvalue weighted by molar-refractivity contribution is 0.457. The van der Waals surface area contributed by atoms with Gasteiger partial charge in [0.05, 0.1) is 4.47 Å². The van der Waals surface area contributed by atoms with E-state index < -0.39 is 0 Å². The summed E-state index contributed by atoms with van der Waals surface area (Å²) in [5.74, 6) is 0.506. The zero-order valence-corrected chi connectivity index (χ0v) is 12.9. The lowest BCUT2D eigenvalue weighted by Crippen LogP contribution is -2.21. The molecular weight excluding hydrogens is 323 g/mol. The first-order valence-electron chi connectivity index (χ1n) is 6.36. The molecule has 1 heterocycles. The second-order valence-electron chi connectivity index (χ2n) is 4.72. The van der Waals surface area contributed by atoms with Crippen LogP contribution in [0, 0.1) is 5.82 Å². The largest absolute Gasteiger partial charge is 0.439 e. The molecule has 3 nitrogen and oxygen atoms in total. The Hall–Kier alpha value is -1.46. The van der Waals surface area contributed by atoms with E-state index in [9.17, 15) is 4.39 Å². The van der Waals surface area contributed by atoms with E-state index >= 15 is 0 Å². The number of nitrogens with zero attached hydrogens (tertiary/aromatic N) is 1. The van der Waals surface area contributed by atoms with Crippen molar-refractivity contribution in [3.05, 3.63) is 52.4 Å². The molecule has 0 amide bonds. The van der Waals surface area contributed by atoms with Crippen LogP contribution < -0.4 is 10.1 Å². The maximum absolute atomic E-state index is 13.4. The quantitative estimate of drug-likeness (QED) is 0.883. The third kappa shape index (κ3) is 4.28. The number of hydrogen-bond acceptors (Lipinski definition) is 3. The SMILES string of the molecule is CC(C)NCc1ccc(Oc2ccc(Br)c(F)c2)nc1.